The van der Waals surface area contributed by atoms with Crippen LogP contribution in [0.3, 0.4) is 0 Å². The summed E-state index contributed by atoms with van der Waals surface area (Å²) in [5, 5.41) is 12.8. The van der Waals surface area contributed by atoms with E-state index in [1.165, 1.54) is 5.56 Å². The second kappa shape index (κ2) is 11.0. The minimum absolute atomic E-state index is 0.0114. The lowest BCUT2D eigenvalue weighted by Gasteiger charge is -2.15. The number of nitrogens with one attached hydrogen (secondary N) is 2. The Kier molecular flexibility index (Phi) is 7.83. The number of carbonyl (C=O) groups is 1. The Morgan fingerprint density at radius 1 is 1.10 bits per heavy atom. The molecule has 0 saturated carbocycles. The number of nitrogens with two attached hydrogens (primary N) is 1. The molecule has 1 heterocycles. The van der Waals surface area contributed by atoms with Crippen LogP contribution in [-0.2, 0) is 13.2 Å². The number of aromatic nitrogens is 2. The topological polar surface area (TPSA) is 125 Å². The van der Waals surface area contributed by atoms with Crippen LogP contribution in [-0.4, -0.2) is 35.9 Å². The fourth-order valence-electron chi connectivity index (χ4n) is 2.91. The number of nitrogen functional groups attached to an aromatic ring is 1. The van der Waals surface area contributed by atoms with Gasteiger partial charge in [-0.15, -0.1) is 0 Å². The number of ether oxygens (including phenoxy) is 2. The van der Waals surface area contributed by atoms with E-state index in [-0.39, 0.29) is 11.5 Å². The van der Waals surface area contributed by atoms with E-state index in [1.54, 1.807) is 0 Å². The zero-order chi connectivity index (χ0) is 22.1. The second-order valence-corrected chi connectivity index (χ2v) is 6.86. The van der Waals surface area contributed by atoms with E-state index in [0.29, 0.717) is 44.3 Å². The first-order valence-electron chi connectivity index (χ1n) is 10.1. The highest BCUT2D eigenvalue weighted by molar-refractivity contribution is 5.95. The van der Waals surface area contributed by atoms with Crippen LogP contribution in [0.5, 0.6) is 11.5 Å². The molecule has 31 heavy (non-hydrogen) atoms. The summed E-state index contributed by atoms with van der Waals surface area (Å²) in [6.45, 7) is 6.61. The van der Waals surface area contributed by atoms with Crippen LogP contribution in [0.15, 0.2) is 47.1 Å². The molecule has 0 unspecified atom stereocenters. The van der Waals surface area contributed by atoms with E-state index < -0.39 is 5.91 Å². The average Bonchev–Trinajstić information content (AvgIpc) is 3.20. The Morgan fingerprint density at radius 3 is 2.68 bits per heavy atom. The fourth-order valence-corrected chi connectivity index (χ4v) is 2.91. The number of benzene rings is 2. The lowest BCUT2D eigenvalue weighted by atomic mass is 10.1. The molecule has 9 heteroatoms. The molecule has 9 nitrogen and oxygen atoms in total. The summed E-state index contributed by atoms with van der Waals surface area (Å²) >= 11 is 0. The van der Waals surface area contributed by atoms with Gasteiger partial charge in [-0.1, -0.05) is 30.3 Å². The van der Waals surface area contributed by atoms with Crippen LogP contribution in [0.25, 0.3) is 0 Å². The molecule has 164 valence electrons. The third-order valence-electron chi connectivity index (χ3n) is 4.60. The van der Waals surface area contributed by atoms with Crippen molar-refractivity contribution in [3.63, 3.8) is 0 Å². The average molecular weight is 425 g/mol. The third-order valence-corrected chi connectivity index (χ3v) is 4.60. The van der Waals surface area contributed by atoms with Crippen molar-refractivity contribution >= 4 is 11.7 Å². The maximum absolute atomic E-state index is 11.9. The molecule has 0 bridgehead atoms. The van der Waals surface area contributed by atoms with E-state index in [1.807, 2.05) is 37.3 Å². The summed E-state index contributed by atoms with van der Waals surface area (Å²) in [4.78, 5) is 11.9. The molecular weight excluding hydrogens is 398 g/mol. The highest BCUT2D eigenvalue weighted by atomic mass is 16.6. The van der Waals surface area contributed by atoms with Crippen molar-refractivity contribution in [1.82, 2.24) is 20.9 Å². The predicted molar refractivity (Wildman–Crippen MR) is 116 cm³/mol. The molecule has 0 aliphatic rings. The summed E-state index contributed by atoms with van der Waals surface area (Å²) in [7, 11) is 0. The second-order valence-electron chi connectivity index (χ2n) is 6.86. The standard InChI is InChI=1S/C22H27N5O4/c1-3-29-19-12-16(8-9-18(19)30-14-17-7-5-4-6-15(17)2)13-24-10-11-25-22(28)20-21(23)27-31-26-20/h4-9,12,24H,3,10-11,13-14H2,1-2H3,(H2,23,27)(H,25,28). The number of amides is 1. The Balaban J connectivity index is 1.49. The normalized spacial score (nSPS) is 10.6. The van der Waals surface area contributed by atoms with Crippen LogP contribution >= 0.6 is 0 Å². The smallest absolute Gasteiger partial charge is 0.277 e. The minimum Gasteiger partial charge on any atom is -0.490 e. The first kappa shape index (κ1) is 22.1. The Hall–Kier alpha value is -3.59. The van der Waals surface area contributed by atoms with Crippen molar-refractivity contribution in [2.45, 2.75) is 27.0 Å². The van der Waals surface area contributed by atoms with Gasteiger partial charge in [0.05, 0.1) is 6.61 Å². The van der Waals surface area contributed by atoms with Gasteiger partial charge in [0.15, 0.2) is 11.5 Å². The molecule has 0 spiro atoms. The van der Waals surface area contributed by atoms with Gasteiger partial charge in [0, 0.05) is 19.6 Å². The van der Waals surface area contributed by atoms with Crippen molar-refractivity contribution in [2.75, 3.05) is 25.4 Å². The highest BCUT2D eigenvalue weighted by Crippen LogP contribution is 2.29. The molecule has 3 aromatic rings. The maximum Gasteiger partial charge on any atom is 0.277 e. The van der Waals surface area contributed by atoms with Crippen LogP contribution in [0, 0.1) is 6.92 Å². The fraction of sp³-hybridized carbons (Fsp3) is 0.318. The number of carbonyl (C=O) groups excluding carboxylic acids is 1. The zero-order valence-electron chi connectivity index (χ0n) is 17.7. The third kappa shape index (κ3) is 6.19. The molecule has 0 aliphatic carbocycles. The molecule has 0 saturated heterocycles. The molecular formula is C22H27N5O4. The van der Waals surface area contributed by atoms with E-state index in [4.69, 9.17) is 15.2 Å². The molecule has 1 amide bonds. The van der Waals surface area contributed by atoms with Crippen LogP contribution in [0.1, 0.15) is 34.1 Å². The summed E-state index contributed by atoms with van der Waals surface area (Å²) in [5.41, 5.74) is 8.86. The van der Waals surface area contributed by atoms with Gasteiger partial charge in [-0.25, -0.2) is 4.63 Å². The Labute approximate surface area is 180 Å². The quantitative estimate of drug-likeness (QED) is 0.400. The summed E-state index contributed by atoms with van der Waals surface area (Å²) < 4.78 is 16.2. The minimum atomic E-state index is -0.422. The first-order valence-corrected chi connectivity index (χ1v) is 10.1. The zero-order valence-corrected chi connectivity index (χ0v) is 17.7. The van der Waals surface area contributed by atoms with Crippen LogP contribution < -0.4 is 25.8 Å². The lowest BCUT2D eigenvalue weighted by molar-refractivity contribution is 0.0944. The van der Waals surface area contributed by atoms with Crippen LogP contribution in [0.4, 0.5) is 5.82 Å². The molecule has 4 N–H and O–H groups in total. The molecule has 0 radical (unpaired) electrons. The van der Waals surface area contributed by atoms with Crippen molar-refractivity contribution in [3.8, 4) is 11.5 Å². The van der Waals surface area contributed by atoms with Gasteiger partial charge >= 0.3 is 0 Å². The van der Waals surface area contributed by atoms with Crippen LogP contribution in [0.2, 0.25) is 0 Å². The Morgan fingerprint density at radius 2 is 1.94 bits per heavy atom. The van der Waals surface area contributed by atoms with Gasteiger partial charge in [0.1, 0.15) is 6.61 Å². The van der Waals surface area contributed by atoms with Crippen molar-refractivity contribution in [1.29, 1.82) is 0 Å². The number of anilines is 1. The van der Waals surface area contributed by atoms with E-state index in [0.717, 1.165) is 11.1 Å². The summed E-state index contributed by atoms with van der Waals surface area (Å²) in [6, 6.07) is 14.0. The Bertz CT molecular complexity index is 1010. The lowest BCUT2D eigenvalue weighted by Crippen LogP contribution is -2.32. The molecule has 0 atom stereocenters. The van der Waals surface area contributed by atoms with E-state index in [2.05, 4.69) is 44.6 Å². The predicted octanol–water partition coefficient (Wildman–Crippen LogP) is 2.46. The number of aryl methyl sites for hydroxylation is 1. The SMILES string of the molecule is CCOc1cc(CNCCNC(=O)c2nonc2N)ccc1OCc1ccccc1C. The van der Waals surface area contributed by atoms with Crippen molar-refractivity contribution in [3.05, 3.63) is 64.8 Å². The van der Waals surface area contributed by atoms with Gasteiger partial charge in [0.2, 0.25) is 11.5 Å². The number of nitrogens with zero attached hydrogens (tertiary/aromatic N) is 2. The van der Waals surface area contributed by atoms with Gasteiger partial charge in [0.25, 0.3) is 5.91 Å². The van der Waals surface area contributed by atoms with Gasteiger partial charge in [-0.2, -0.15) is 0 Å². The molecule has 1 aromatic heterocycles. The first-order chi connectivity index (χ1) is 15.1. The summed E-state index contributed by atoms with van der Waals surface area (Å²) in [5.74, 6) is 0.964. The monoisotopic (exact) mass is 425 g/mol. The van der Waals surface area contributed by atoms with E-state index in [9.17, 15) is 4.79 Å². The van der Waals surface area contributed by atoms with Crippen molar-refractivity contribution in [2.24, 2.45) is 0 Å². The van der Waals surface area contributed by atoms with Gasteiger partial charge in [-0.05, 0) is 53.0 Å². The molecule has 0 fully saturated rings. The highest BCUT2D eigenvalue weighted by Gasteiger charge is 2.15. The summed E-state index contributed by atoms with van der Waals surface area (Å²) in [6.07, 6.45) is 0. The van der Waals surface area contributed by atoms with Crippen molar-refractivity contribution < 1.29 is 18.9 Å². The van der Waals surface area contributed by atoms with Gasteiger partial charge < -0.3 is 25.8 Å². The number of hydrogen-bond donors (Lipinski definition) is 3. The van der Waals surface area contributed by atoms with Gasteiger partial charge in [-0.3, -0.25) is 4.79 Å². The molecule has 2 aromatic carbocycles. The largest absolute Gasteiger partial charge is 0.490 e. The number of rotatable bonds is 11. The van der Waals surface area contributed by atoms with E-state index >= 15 is 0 Å². The molecule has 0 aliphatic heterocycles. The maximum atomic E-state index is 11.9. The number of hydrogen-bond acceptors (Lipinski definition) is 8. The molecule has 3 rings (SSSR count).